The van der Waals surface area contributed by atoms with Crippen LogP contribution < -0.4 is 19.6 Å². The summed E-state index contributed by atoms with van der Waals surface area (Å²) in [5.41, 5.74) is 2.44. The topological polar surface area (TPSA) is 98.4 Å². The molecule has 0 spiro atoms. The van der Waals surface area contributed by atoms with Crippen molar-refractivity contribution in [1.29, 1.82) is 0 Å². The van der Waals surface area contributed by atoms with Gasteiger partial charge in [-0.05, 0) is 66.4 Å². The normalized spacial score (nSPS) is 14.6. The molecule has 0 radical (unpaired) electrons. The number of carbonyl (C=O) groups excluding carboxylic acids is 1. The average Bonchev–Trinajstić information content (AvgIpc) is 3.20. The molecule has 1 aromatic heterocycles. The highest BCUT2D eigenvalue weighted by atomic mass is 35.5. The van der Waals surface area contributed by atoms with E-state index in [1.54, 1.807) is 56.4 Å². The largest absolute Gasteiger partial charge is 0.504 e. The number of carbonyl (C=O) groups is 1. The van der Waals surface area contributed by atoms with E-state index in [1.807, 2.05) is 12.1 Å². The van der Waals surface area contributed by atoms with Crippen molar-refractivity contribution < 1.29 is 28.5 Å². The lowest BCUT2D eigenvalue weighted by atomic mass is 9.97. The summed E-state index contributed by atoms with van der Waals surface area (Å²) in [5.74, 6) is 0.955. The minimum Gasteiger partial charge on any atom is -0.504 e. The van der Waals surface area contributed by atoms with Crippen molar-refractivity contribution in [2.45, 2.75) is 19.4 Å². The molecule has 5 rings (SSSR count). The molecule has 9 heteroatoms. The average molecular weight is 536 g/mol. The Morgan fingerprint density at radius 1 is 0.947 bits per heavy atom. The number of fused-ring (bicyclic) bond motifs is 2. The monoisotopic (exact) mass is 535 g/mol. The number of aromatic hydroxyl groups is 1. The van der Waals surface area contributed by atoms with Gasteiger partial charge in [-0.1, -0.05) is 23.7 Å². The summed E-state index contributed by atoms with van der Waals surface area (Å²) in [7, 11) is 4.57. The predicted octanol–water partition coefficient (Wildman–Crippen LogP) is 5.27. The maximum absolute atomic E-state index is 13.8. The van der Waals surface area contributed by atoms with Crippen LogP contribution in [-0.2, 0) is 6.42 Å². The van der Waals surface area contributed by atoms with Gasteiger partial charge in [0.15, 0.2) is 28.4 Å². The molecule has 38 heavy (non-hydrogen) atoms. The zero-order chi connectivity index (χ0) is 27.1. The van der Waals surface area contributed by atoms with Gasteiger partial charge in [0.1, 0.15) is 5.58 Å². The van der Waals surface area contributed by atoms with Crippen molar-refractivity contribution in [2.75, 3.05) is 27.9 Å². The molecule has 4 aromatic rings. The first kappa shape index (κ1) is 25.5. The number of phenolic OH excluding ortho intramolecular Hbond substituents is 1. The lowest BCUT2D eigenvalue weighted by Crippen LogP contribution is -2.31. The Bertz CT molecular complexity index is 1630. The van der Waals surface area contributed by atoms with Crippen LogP contribution in [0.1, 0.15) is 38.9 Å². The highest BCUT2D eigenvalue weighted by Gasteiger charge is 2.42. The van der Waals surface area contributed by atoms with Crippen LogP contribution in [0.2, 0.25) is 5.02 Å². The van der Waals surface area contributed by atoms with Gasteiger partial charge < -0.3 is 28.6 Å². The molecule has 1 aliphatic heterocycles. The number of amides is 1. The third kappa shape index (κ3) is 4.20. The first-order valence-electron chi connectivity index (χ1n) is 11.9. The zero-order valence-corrected chi connectivity index (χ0v) is 22.1. The van der Waals surface area contributed by atoms with E-state index in [0.29, 0.717) is 39.5 Å². The van der Waals surface area contributed by atoms with E-state index >= 15 is 0 Å². The van der Waals surface area contributed by atoms with Crippen LogP contribution in [-0.4, -0.2) is 43.8 Å². The van der Waals surface area contributed by atoms with Gasteiger partial charge in [0.2, 0.25) is 5.76 Å². The van der Waals surface area contributed by atoms with Crippen molar-refractivity contribution in [3.63, 3.8) is 0 Å². The van der Waals surface area contributed by atoms with E-state index in [4.69, 9.17) is 30.2 Å². The van der Waals surface area contributed by atoms with Gasteiger partial charge in [-0.2, -0.15) is 0 Å². The number of aryl methyl sites for hydroxylation is 1. The first-order valence-corrected chi connectivity index (χ1v) is 12.3. The molecule has 0 bridgehead atoms. The lowest BCUT2D eigenvalue weighted by Gasteiger charge is -2.25. The van der Waals surface area contributed by atoms with Gasteiger partial charge in [-0.25, -0.2) is 0 Å². The van der Waals surface area contributed by atoms with Crippen molar-refractivity contribution in [2.24, 2.45) is 0 Å². The molecule has 0 saturated heterocycles. The SMILES string of the molecule is COc1cc(C2c3c(oc4cc(C)c(Cl)cc4c3=O)C(=O)N2CCc2ccc(OC)c(OC)c2)ccc1O. The number of rotatable bonds is 7. The summed E-state index contributed by atoms with van der Waals surface area (Å²) in [6, 6.07) is 12.8. The maximum atomic E-state index is 13.8. The van der Waals surface area contributed by atoms with Crippen LogP contribution >= 0.6 is 11.6 Å². The van der Waals surface area contributed by atoms with Crippen molar-refractivity contribution in [1.82, 2.24) is 4.90 Å². The smallest absolute Gasteiger partial charge is 0.290 e. The number of ether oxygens (including phenoxy) is 3. The fourth-order valence-corrected chi connectivity index (χ4v) is 5.03. The molecule has 1 N–H and O–H groups in total. The molecule has 1 unspecified atom stereocenters. The number of methoxy groups -OCH3 is 3. The molecule has 1 aliphatic rings. The molecular formula is C29H26ClNO7. The Balaban J connectivity index is 1.63. The van der Waals surface area contributed by atoms with Crippen LogP contribution in [0.15, 0.2) is 57.7 Å². The summed E-state index contributed by atoms with van der Waals surface area (Å²) in [4.78, 5) is 29.1. The van der Waals surface area contributed by atoms with Gasteiger partial charge in [-0.3, -0.25) is 9.59 Å². The highest BCUT2D eigenvalue weighted by Crippen LogP contribution is 2.41. The molecule has 8 nitrogen and oxygen atoms in total. The second kappa shape index (κ2) is 9.95. The molecule has 0 aliphatic carbocycles. The molecule has 196 valence electrons. The Morgan fingerprint density at radius 3 is 2.39 bits per heavy atom. The summed E-state index contributed by atoms with van der Waals surface area (Å²) < 4.78 is 22.1. The molecule has 2 heterocycles. The fraction of sp³-hybridized carbons (Fsp3) is 0.241. The van der Waals surface area contributed by atoms with Gasteiger partial charge in [0.05, 0.1) is 38.3 Å². The van der Waals surface area contributed by atoms with Crippen LogP contribution in [0.5, 0.6) is 23.0 Å². The third-order valence-corrected chi connectivity index (χ3v) is 7.26. The number of nitrogens with zero attached hydrogens (tertiary/aromatic N) is 1. The van der Waals surface area contributed by atoms with E-state index < -0.39 is 11.9 Å². The minimum atomic E-state index is -0.757. The van der Waals surface area contributed by atoms with Crippen LogP contribution in [0.4, 0.5) is 0 Å². The van der Waals surface area contributed by atoms with E-state index in [9.17, 15) is 14.7 Å². The van der Waals surface area contributed by atoms with Crippen molar-refractivity contribution in [3.8, 4) is 23.0 Å². The van der Waals surface area contributed by atoms with Gasteiger partial charge in [0.25, 0.3) is 5.91 Å². The summed E-state index contributed by atoms with van der Waals surface area (Å²) in [6.07, 6.45) is 0.477. The zero-order valence-electron chi connectivity index (χ0n) is 21.3. The van der Waals surface area contributed by atoms with Crippen LogP contribution in [0.25, 0.3) is 11.0 Å². The van der Waals surface area contributed by atoms with E-state index in [0.717, 1.165) is 11.1 Å². The third-order valence-electron chi connectivity index (χ3n) is 6.86. The molecule has 1 amide bonds. The second-order valence-corrected chi connectivity index (χ2v) is 9.45. The number of hydrogen-bond acceptors (Lipinski definition) is 7. The Hall–Kier alpha value is -4.17. The van der Waals surface area contributed by atoms with E-state index in [1.165, 1.54) is 13.2 Å². The molecular weight excluding hydrogens is 510 g/mol. The Morgan fingerprint density at radius 2 is 1.68 bits per heavy atom. The Labute approximate surface area is 223 Å². The fourth-order valence-electron chi connectivity index (χ4n) is 4.87. The Kier molecular flexibility index (Phi) is 6.67. The van der Waals surface area contributed by atoms with Gasteiger partial charge in [0, 0.05) is 11.6 Å². The predicted molar refractivity (Wildman–Crippen MR) is 143 cm³/mol. The second-order valence-electron chi connectivity index (χ2n) is 9.04. The van der Waals surface area contributed by atoms with Crippen molar-refractivity contribution >= 4 is 28.5 Å². The number of hydrogen-bond donors (Lipinski definition) is 1. The number of halogens is 1. The maximum Gasteiger partial charge on any atom is 0.290 e. The van der Waals surface area contributed by atoms with E-state index in [2.05, 4.69) is 0 Å². The van der Waals surface area contributed by atoms with Crippen molar-refractivity contribution in [3.05, 3.63) is 91.8 Å². The van der Waals surface area contributed by atoms with Gasteiger partial charge in [-0.15, -0.1) is 0 Å². The first-order chi connectivity index (χ1) is 18.3. The molecule has 1 atom stereocenters. The molecule has 3 aromatic carbocycles. The summed E-state index contributed by atoms with van der Waals surface area (Å²) >= 11 is 6.32. The molecule has 0 fully saturated rings. The van der Waals surface area contributed by atoms with Crippen LogP contribution in [0, 0.1) is 6.92 Å². The van der Waals surface area contributed by atoms with E-state index in [-0.39, 0.29) is 34.8 Å². The molecule has 0 saturated carbocycles. The lowest BCUT2D eigenvalue weighted by molar-refractivity contribution is 0.0730. The number of benzene rings is 3. The summed E-state index contributed by atoms with van der Waals surface area (Å²) in [5, 5.41) is 10.9. The van der Waals surface area contributed by atoms with Crippen LogP contribution in [0.3, 0.4) is 0 Å². The standard InChI is InChI=1S/C29H26ClNO7/c1-15-11-22-18(14-19(15)30)27(33)25-26(17-6-7-20(32)23(13-17)36-3)31(29(34)28(25)38-22)10-9-16-5-8-21(35-2)24(12-16)37-4/h5-8,11-14,26,32H,9-10H2,1-4H3. The quantitative estimate of drug-likeness (QED) is 0.344. The summed E-state index contributed by atoms with van der Waals surface area (Å²) in [6.45, 7) is 2.08. The highest BCUT2D eigenvalue weighted by molar-refractivity contribution is 6.32. The minimum absolute atomic E-state index is 0.00595. The van der Waals surface area contributed by atoms with Gasteiger partial charge >= 0.3 is 0 Å². The number of phenols is 1.